The molecule has 0 spiro atoms. The Morgan fingerprint density at radius 1 is 0.954 bits per heavy atom. The third-order valence-electron chi connectivity index (χ3n) is 14.4. The van der Waals surface area contributed by atoms with Crippen LogP contribution in [0.1, 0.15) is 93.3 Å². The standard InChI is InChI=1S/C46H49ClF4N10O4/c1-58-39-28(37(57-58)29-8-9-35(62)54-43(29)63)7-6-27(36(39)49)24-12-14-59(15-13-24)21-23-10-16-60(17-11-23)45-52-20-31(47)42(56-45)53-33-18-30-34(19-32(33)48)61(26-4-5-26)44(64)40-38(30)55-41(25-2-3-25)46(50,51)22-65-40/h6-7,18-20,23-26,29,41,55H,2-5,8-17,21-22H2,1H3,(H,52,53,56)(H,54,62,63)/t29?,41-/m0/s1. The van der Waals surface area contributed by atoms with Gasteiger partial charge in [-0.15, -0.1) is 0 Å². The highest BCUT2D eigenvalue weighted by Crippen LogP contribution is 2.48. The number of nitrogens with zero attached hydrogens (tertiary/aromatic N) is 7. The molecule has 5 fully saturated rings. The Labute approximate surface area is 376 Å². The Hall–Kier alpha value is -5.49. The van der Waals surface area contributed by atoms with E-state index < -0.39 is 41.8 Å². The summed E-state index contributed by atoms with van der Waals surface area (Å²) < 4.78 is 71.5. The number of hydrogen-bond acceptors (Lipinski definition) is 11. The van der Waals surface area contributed by atoms with Crippen molar-refractivity contribution in [1.29, 1.82) is 0 Å². The number of nitrogens with one attached hydrogen (secondary N) is 3. The molecule has 2 aliphatic carbocycles. The highest BCUT2D eigenvalue weighted by molar-refractivity contribution is 6.33. The Kier molecular flexibility index (Phi) is 10.5. The quantitative estimate of drug-likeness (QED) is 0.0995. The summed E-state index contributed by atoms with van der Waals surface area (Å²) >= 11 is 6.60. The molecule has 7 heterocycles. The molecule has 11 rings (SSSR count). The molecule has 5 aromatic rings. The van der Waals surface area contributed by atoms with E-state index >= 15 is 17.6 Å². The van der Waals surface area contributed by atoms with Gasteiger partial charge in [-0.3, -0.25) is 24.4 Å². The zero-order chi connectivity index (χ0) is 44.9. The molecule has 0 radical (unpaired) electrons. The molecular formula is C46H49ClF4N10O4. The van der Waals surface area contributed by atoms with Gasteiger partial charge in [0.2, 0.25) is 23.5 Å². The first-order valence-electron chi connectivity index (χ1n) is 22.8. The van der Waals surface area contributed by atoms with Crippen LogP contribution in [0.4, 0.5) is 40.7 Å². The number of aryl methyl sites for hydroxylation is 1. The van der Waals surface area contributed by atoms with Gasteiger partial charge in [0.1, 0.15) is 16.4 Å². The van der Waals surface area contributed by atoms with Crippen molar-refractivity contribution in [1.82, 2.24) is 34.5 Å². The second-order valence-corrected chi connectivity index (χ2v) is 19.3. The van der Waals surface area contributed by atoms with Gasteiger partial charge < -0.3 is 29.7 Å². The van der Waals surface area contributed by atoms with Crippen LogP contribution in [0, 0.1) is 23.5 Å². The summed E-state index contributed by atoms with van der Waals surface area (Å²) in [5.41, 5.74) is 1.45. The van der Waals surface area contributed by atoms with Crippen molar-refractivity contribution in [3.63, 3.8) is 0 Å². The number of likely N-dealkylation sites (tertiary alicyclic amines) is 1. The van der Waals surface area contributed by atoms with Crippen LogP contribution in [0.2, 0.25) is 5.02 Å². The molecule has 19 heteroatoms. The predicted octanol–water partition coefficient (Wildman–Crippen LogP) is 7.52. The number of piperidine rings is 3. The molecule has 3 aromatic heterocycles. The lowest BCUT2D eigenvalue weighted by Gasteiger charge is -2.38. The zero-order valence-electron chi connectivity index (χ0n) is 35.8. The largest absolute Gasteiger partial charge is 0.480 e. The number of fused-ring (bicyclic) bond motifs is 4. The van der Waals surface area contributed by atoms with Gasteiger partial charge in [0.25, 0.3) is 5.56 Å². The highest BCUT2D eigenvalue weighted by Gasteiger charge is 2.51. The predicted molar refractivity (Wildman–Crippen MR) is 236 cm³/mol. The van der Waals surface area contributed by atoms with E-state index in [0.29, 0.717) is 90.1 Å². The Morgan fingerprint density at radius 3 is 2.45 bits per heavy atom. The number of halogens is 5. The van der Waals surface area contributed by atoms with E-state index in [9.17, 15) is 14.4 Å². The van der Waals surface area contributed by atoms with Gasteiger partial charge in [0, 0.05) is 56.0 Å². The molecule has 1 unspecified atom stereocenters. The first-order chi connectivity index (χ1) is 31.3. The van der Waals surface area contributed by atoms with Crippen molar-refractivity contribution in [3.8, 4) is 5.75 Å². The SMILES string of the molecule is Cn1nc(C2CCC(=O)NC2=O)c2ccc(C3CCN(CC4CCN(c5ncc(Cl)c(Nc6cc7c8c(c(=O)n(C9CC9)c7cc6F)OCC(F)(F)[C@H](C6CC6)N8)n5)CC4)CC3)c(F)c21. The number of benzene rings is 2. The molecule has 2 atom stereocenters. The second-order valence-electron chi connectivity index (χ2n) is 18.8. The van der Waals surface area contributed by atoms with Crippen LogP contribution in [0.5, 0.6) is 5.75 Å². The van der Waals surface area contributed by atoms with Crippen molar-refractivity contribution in [2.24, 2.45) is 18.9 Å². The molecule has 2 amide bonds. The van der Waals surface area contributed by atoms with Gasteiger partial charge in [0.15, 0.2) is 18.2 Å². The van der Waals surface area contributed by atoms with E-state index in [1.165, 1.54) is 27.6 Å². The zero-order valence-corrected chi connectivity index (χ0v) is 36.6. The van der Waals surface area contributed by atoms with E-state index in [2.05, 4.69) is 35.8 Å². The number of rotatable bonds is 9. The summed E-state index contributed by atoms with van der Waals surface area (Å²) in [5, 5.41) is 14.1. The summed E-state index contributed by atoms with van der Waals surface area (Å²) in [6, 6.07) is 5.08. The van der Waals surface area contributed by atoms with Crippen LogP contribution < -0.4 is 31.1 Å². The fourth-order valence-electron chi connectivity index (χ4n) is 10.6. The fraction of sp³-hybridized carbons (Fsp3) is 0.522. The average Bonchev–Trinajstić information content (AvgIpc) is 4.23. The minimum Gasteiger partial charge on any atom is -0.480 e. The summed E-state index contributed by atoms with van der Waals surface area (Å²) in [6.45, 7) is 3.08. The number of carbonyl (C=O) groups is 2. The summed E-state index contributed by atoms with van der Waals surface area (Å²) in [4.78, 5) is 51.8. The topological polar surface area (TPSA) is 152 Å². The number of imide groups is 1. The normalized spacial score (nSPS) is 23.3. The number of pyridine rings is 1. The lowest BCUT2D eigenvalue weighted by atomic mass is 9.86. The highest BCUT2D eigenvalue weighted by atomic mass is 35.5. The molecule has 342 valence electrons. The van der Waals surface area contributed by atoms with Gasteiger partial charge in [-0.1, -0.05) is 23.7 Å². The third kappa shape index (κ3) is 7.73. The molecule has 2 saturated carbocycles. The van der Waals surface area contributed by atoms with E-state index in [0.717, 1.165) is 45.3 Å². The summed E-state index contributed by atoms with van der Waals surface area (Å²) in [5.74, 6) is -4.80. The maximum absolute atomic E-state index is 16.2. The van der Waals surface area contributed by atoms with Gasteiger partial charge in [-0.25, -0.2) is 22.5 Å². The maximum atomic E-state index is 16.2. The first-order valence-corrected chi connectivity index (χ1v) is 23.1. The molecule has 0 bridgehead atoms. The van der Waals surface area contributed by atoms with Crippen LogP contribution in [0.25, 0.3) is 21.8 Å². The van der Waals surface area contributed by atoms with Crippen molar-refractivity contribution in [2.75, 3.05) is 54.9 Å². The van der Waals surface area contributed by atoms with Crippen LogP contribution in [0.3, 0.4) is 0 Å². The number of carbonyl (C=O) groups excluding carboxylic acids is 2. The summed E-state index contributed by atoms with van der Waals surface area (Å²) in [7, 11) is 1.69. The number of alkyl halides is 2. The van der Waals surface area contributed by atoms with Gasteiger partial charge in [-0.2, -0.15) is 10.1 Å². The average molecular weight is 917 g/mol. The van der Waals surface area contributed by atoms with Crippen LogP contribution in [-0.4, -0.2) is 92.3 Å². The fourth-order valence-corrected chi connectivity index (χ4v) is 10.8. The molecule has 6 aliphatic rings. The van der Waals surface area contributed by atoms with E-state index in [1.54, 1.807) is 7.05 Å². The number of hydrogen-bond donors (Lipinski definition) is 3. The van der Waals surface area contributed by atoms with Gasteiger partial charge in [0.05, 0.1) is 40.7 Å². The van der Waals surface area contributed by atoms with Crippen molar-refractivity contribution in [2.45, 2.75) is 94.1 Å². The molecule has 3 N–H and O–H groups in total. The van der Waals surface area contributed by atoms with Crippen molar-refractivity contribution < 1.29 is 31.9 Å². The Bertz CT molecular complexity index is 2810. The monoisotopic (exact) mass is 916 g/mol. The maximum Gasteiger partial charge on any atom is 0.301 e. The lowest BCUT2D eigenvalue weighted by Crippen LogP contribution is -2.44. The van der Waals surface area contributed by atoms with Crippen LogP contribution >= 0.6 is 11.6 Å². The van der Waals surface area contributed by atoms with Crippen molar-refractivity contribution >= 4 is 68.4 Å². The van der Waals surface area contributed by atoms with Gasteiger partial charge >= 0.3 is 5.92 Å². The van der Waals surface area contributed by atoms with Crippen LogP contribution in [-0.2, 0) is 16.6 Å². The first kappa shape index (κ1) is 42.2. The van der Waals surface area contributed by atoms with E-state index in [1.807, 2.05) is 12.1 Å². The minimum atomic E-state index is -3.21. The van der Waals surface area contributed by atoms with Crippen LogP contribution in [0.15, 0.2) is 35.3 Å². The Morgan fingerprint density at radius 2 is 1.72 bits per heavy atom. The van der Waals surface area contributed by atoms with Crippen molar-refractivity contribution in [3.05, 3.63) is 68.7 Å². The number of amides is 2. The number of anilines is 4. The molecular weight excluding hydrogens is 868 g/mol. The minimum absolute atomic E-state index is 0.00897. The molecule has 14 nitrogen and oxygen atoms in total. The second kappa shape index (κ2) is 16.1. The van der Waals surface area contributed by atoms with Gasteiger partial charge in [-0.05, 0) is 100 Å². The molecule has 3 saturated heterocycles. The van der Waals surface area contributed by atoms with E-state index in [4.69, 9.17) is 21.3 Å². The van der Waals surface area contributed by atoms with E-state index in [-0.39, 0.29) is 64.0 Å². The summed E-state index contributed by atoms with van der Waals surface area (Å²) in [6.07, 6.45) is 8.19. The number of ether oxygens (including phenoxy) is 1. The molecule has 65 heavy (non-hydrogen) atoms. The molecule has 2 aromatic carbocycles. The number of aromatic nitrogens is 5. The lowest BCUT2D eigenvalue weighted by molar-refractivity contribution is -0.134. The smallest absolute Gasteiger partial charge is 0.301 e. The Balaban J connectivity index is 0.746. The third-order valence-corrected chi connectivity index (χ3v) is 14.7. The molecule has 4 aliphatic heterocycles.